The van der Waals surface area contributed by atoms with Gasteiger partial charge in [0.25, 0.3) is 0 Å². The van der Waals surface area contributed by atoms with Gasteiger partial charge in [-0.15, -0.1) is 0 Å². The molecular weight excluding hydrogens is 378 g/mol. The summed E-state index contributed by atoms with van der Waals surface area (Å²) < 4.78 is 74.6. The van der Waals surface area contributed by atoms with Gasteiger partial charge in [0.15, 0.2) is 11.6 Å². The lowest BCUT2D eigenvalue weighted by Gasteiger charge is -2.09. The first-order valence-corrected chi connectivity index (χ1v) is 8.98. The van der Waals surface area contributed by atoms with Crippen molar-refractivity contribution in [3.63, 3.8) is 0 Å². The summed E-state index contributed by atoms with van der Waals surface area (Å²) in [7, 11) is 0. The quantitative estimate of drug-likeness (QED) is 0.338. The van der Waals surface area contributed by atoms with Gasteiger partial charge in [-0.25, -0.2) is 4.98 Å². The minimum absolute atomic E-state index is 0.154. The lowest BCUT2D eigenvalue weighted by molar-refractivity contribution is 1.07. The van der Waals surface area contributed by atoms with E-state index in [0.29, 0.717) is 5.56 Å². The number of benzene rings is 4. The van der Waals surface area contributed by atoms with E-state index in [1.165, 1.54) is 0 Å². The topological polar surface area (TPSA) is 38.7 Å². The van der Waals surface area contributed by atoms with E-state index in [9.17, 15) is 0 Å². The molecule has 0 spiro atoms. The van der Waals surface area contributed by atoms with E-state index in [0.717, 1.165) is 10.8 Å². The smallest absolute Gasteiger partial charge is 0.208 e. The average molecular weight is 403 g/mol. The maximum absolute atomic E-state index is 8.86. The minimum atomic E-state index is -0.649. The van der Waals surface area contributed by atoms with Gasteiger partial charge in [0.05, 0.1) is 12.3 Å². The van der Waals surface area contributed by atoms with Crippen molar-refractivity contribution >= 4 is 22.4 Å². The predicted molar refractivity (Wildman–Crippen MR) is 119 cm³/mol. The molecule has 5 aromatic rings. The fraction of sp³-hybridized carbons (Fsp3) is 0. The monoisotopic (exact) mass is 402 g/mol. The first kappa shape index (κ1) is 10.3. The van der Waals surface area contributed by atoms with Crippen molar-refractivity contribution in [2.45, 2.75) is 0 Å². The van der Waals surface area contributed by atoms with Gasteiger partial charge in [-0.2, -0.15) is 9.97 Å². The largest absolute Gasteiger partial charge is 0.226 e. The van der Waals surface area contributed by atoms with Crippen LogP contribution < -0.4 is 0 Å². The molecule has 0 fully saturated rings. The molecule has 0 saturated heterocycles. The van der Waals surface area contributed by atoms with Crippen molar-refractivity contribution < 1.29 is 12.3 Å². The molecule has 4 aromatic carbocycles. The number of halogens is 1. The molecule has 138 valence electrons. The number of nitrogens with zero attached hydrogens (tertiary/aromatic N) is 3. The van der Waals surface area contributed by atoms with Gasteiger partial charge in [-0.3, -0.25) is 0 Å². The van der Waals surface area contributed by atoms with Crippen LogP contribution in [0.25, 0.3) is 44.7 Å². The molecule has 3 nitrogen and oxygen atoms in total. The summed E-state index contributed by atoms with van der Waals surface area (Å²) in [6, 6.07) is 7.51. The number of rotatable bonds is 3. The Morgan fingerprint density at radius 2 is 1.38 bits per heavy atom. The highest BCUT2D eigenvalue weighted by atomic mass is 35.5. The molecule has 0 atom stereocenters. The lowest BCUT2D eigenvalue weighted by Crippen LogP contribution is -1.98. The molecule has 0 bridgehead atoms. The molecule has 0 saturated carbocycles. The van der Waals surface area contributed by atoms with Crippen LogP contribution in [-0.4, -0.2) is 15.0 Å². The predicted octanol–water partition coefficient (Wildman–Crippen LogP) is 6.68. The zero-order valence-corrected chi connectivity index (χ0v) is 15.5. The van der Waals surface area contributed by atoms with Gasteiger partial charge in [-0.05, 0) is 39.5 Å². The van der Waals surface area contributed by atoms with Crippen molar-refractivity contribution in [1.29, 1.82) is 0 Å². The van der Waals surface area contributed by atoms with E-state index >= 15 is 0 Å². The van der Waals surface area contributed by atoms with Crippen LogP contribution in [0.1, 0.15) is 12.3 Å². The van der Waals surface area contributed by atoms with Crippen LogP contribution in [0, 0.1) is 0 Å². The third kappa shape index (κ3) is 3.48. The molecule has 0 aliphatic heterocycles. The van der Waals surface area contributed by atoms with Crippen molar-refractivity contribution in [3.05, 3.63) is 102 Å². The molecule has 0 radical (unpaired) electrons. The zero-order chi connectivity index (χ0) is 27.5. The Morgan fingerprint density at radius 1 is 0.655 bits per heavy atom. The Bertz CT molecular complexity index is 1760. The second-order valence-corrected chi connectivity index (χ2v) is 6.37. The fourth-order valence-electron chi connectivity index (χ4n) is 2.96. The Balaban J connectivity index is 1.83. The van der Waals surface area contributed by atoms with Crippen LogP contribution in [0.3, 0.4) is 0 Å². The van der Waals surface area contributed by atoms with Crippen molar-refractivity contribution in [3.8, 4) is 33.9 Å². The van der Waals surface area contributed by atoms with E-state index in [4.69, 9.17) is 23.9 Å². The maximum atomic E-state index is 8.86. The van der Waals surface area contributed by atoms with Crippen LogP contribution in [0.15, 0.2) is 96.8 Å². The fourth-order valence-corrected chi connectivity index (χ4v) is 3.12. The molecule has 29 heavy (non-hydrogen) atoms. The van der Waals surface area contributed by atoms with Gasteiger partial charge in [0, 0.05) is 11.1 Å². The molecule has 4 heteroatoms. The van der Waals surface area contributed by atoms with Crippen LogP contribution >= 0.6 is 11.6 Å². The summed E-state index contributed by atoms with van der Waals surface area (Å²) in [6.07, 6.45) is 0. The summed E-state index contributed by atoms with van der Waals surface area (Å²) in [4.78, 5) is 12.8. The second kappa shape index (κ2) is 7.46. The highest BCUT2D eigenvalue weighted by Crippen LogP contribution is 2.29. The molecule has 0 N–H and O–H groups in total. The Labute approximate surface area is 186 Å². The number of fused-ring (bicyclic) bond motifs is 1. The van der Waals surface area contributed by atoms with Gasteiger partial charge < -0.3 is 0 Å². The summed E-state index contributed by atoms with van der Waals surface area (Å²) in [5.74, 6) is -0.0634. The highest BCUT2D eigenvalue weighted by molar-refractivity contribution is 6.28. The van der Waals surface area contributed by atoms with Gasteiger partial charge in [0.1, 0.15) is 0 Å². The number of hydrogen-bond acceptors (Lipinski definition) is 3. The highest BCUT2D eigenvalue weighted by Gasteiger charge is 2.12. The zero-order valence-electron chi connectivity index (χ0n) is 23.8. The van der Waals surface area contributed by atoms with Crippen LogP contribution in [0.2, 0.25) is 5.28 Å². The first-order valence-electron chi connectivity index (χ1n) is 13.1. The standard InChI is InChI=1S/C25H16ClN3/c26-25-28-23(20-13-6-12-19(16-20)17-8-2-1-3-9-17)27-24(29-25)22-15-7-11-18-10-4-5-14-21(18)22/h1-16H/i1D,2D,3D,6D,8D,9D,12D,13D,16D. The normalized spacial score (nSPS) is 15.3. The summed E-state index contributed by atoms with van der Waals surface area (Å²) >= 11 is 6.24. The molecule has 5 rings (SSSR count). The summed E-state index contributed by atoms with van der Waals surface area (Å²) in [5.41, 5.74) is -0.490. The summed E-state index contributed by atoms with van der Waals surface area (Å²) in [5, 5.41) is 1.51. The Kier molecular flexibility index (Phi) is 2.64. The molecule has 1 aromatic heterocycles. The third-order valence-corrected chi connectivity index (χ3v) is 4.41. The number of hydrogen-bond donors (Lipinski definition) is 0. The minimum Gasteiger partial charge on any atom is -0.208 e. The molecule has 0 aliphatic carbocycles. The van der Waals surface area contributed by atoms with Crippen LogP contribution in [-0.2, 0) is 0 Å². The first-order chi connectivity index (χ1) is 18.0. The number of aromatic nitrogens is 3. The van der Waals surface area contributed by atoms with E-state index < -0.39 is 65.5 Å². The SMILES string of the molecule is [2H]c1c([2H])c([2H])c(-c2c([2H])c([2H])c([2H])c(-c3nc(Cl)nc(-c4cccc5ccccc45)n3)c2[2H])c([2H])c1[2H]. The van der Waals surface area contributed by atoms with Gasteiger partial charge in [-0.1, -0.05) is 90.8 Å². The van der Waals surface area contributed by atoms with Gasteiger partial charge in [0.2, 0.25) is 5.28 Å². The Morgan fingerprint density at radius 3 is 2.28 bits per heavy atom. The molecule has 1 heterocycles. The molecule has 0 aliphatic rings. The maximum Gasteiger partial charge on any atom is 0.226 e. The molecule has 0 unspecified atom stereocenters. The lowest BCUT2D eigenvalue weighted by atomic mass is 10.0. The van der Waals surface area contributed by atoms with Crippen LogP contribution in [0.5, 0.6) is 0 Å². The summed E-state index contributed by atoms with van der Waals surface area (Å²) in [6.45, 7) is 0. The van der Waals surface area contributed by atoms with Crippen molar-refractivity contribution in [2.75, 3.05) is 0 Å². The Hall–Kier alpha value is -3.56. The molecular formula is C25H16ClN3. The second-order valence-electron chi connectivity index (χ2n) is 6.03. The van der Waals surface area contributed by atoms with Crippen molar-refractivity contribution in [1.82, 2.24) is 15.0 Å². The van der Waals surface area contributed by atoms with E-state index in [1.54, 1.807) is 6.07 Å². The average Bonchev–Trinajstić information content (AvgIpc) is 2.91. The van der Waals surface area contributed by atoms with E-state index in [2.05, 4.69) is 15.0 Å². The van der Waals surface area contributed by atoms with E-state index in [1.807, 2.05) is 36.4 Å². The van der Waals surface area contributed by atoms with Gasteiger partial charge >= 0.3 is 0 Å². The third-order valence-electron chi connectivity index (χ3n) is 4.24. The van der Waals surface area contributed by atoms with Crippen LogP contribution in [0.4, 0.5) is 0 Å². The van der Waals surface area contributed by atoms with E-state index in [-0.39, 0.29) is 22.5 Å². The van der Waals surface area contributed by atoms with Crippen molar-refractivity contribution in [2.24, 2.45) is 0 Å². The molecule has 0 amide bonds.